The Bertz CT molecular complexity index is 1310. The van der Waals surface area contributed by atoms with Gasteiger partial charge in [0.1, 0.15) is 0 Å². The van der Waals surface area contributed by atoms with Crippen molar-refractivity contribution in [2.24, 2.45) is 11.5 Å². The first-order valence-corrected chi connectivity index (χ1v) is 10.9. The van der Waals surface area contributed by atoms with Gasteiger partial charge in [0.2, 0.25) is 0 Å². The summed E-state index contributed by atoms with van der Waals surface area (Å²) < 4.78 is 0. The van der Waals surface area contributed by atoms with Crippen LogP contribution in [0.5, 0.6) is 0 Å². The van der Waals surface area contributed by atoms with Crippen LogP contribution in [0.15, 0.2) is 121 Å². The van der Waals surface area contributed by atoms with E-state index in [-0.39, 0.29) is 0 Å². The predicted octanol–water partition coefficient (Wildman–Crippen LogP) is 6.64. The van der Waals surface area contributed by atoms with Crippen molar-refractivity contribution in [3.63, 3.8) is 0 Å². The Balaban J connectivity index is 1.67. The number of nitrogens with two attached hydrogens (primary N) is 2. The van der Waals surface area contributed by atoms with Gasteiger partial charge in [-0.1, -0.05) is 115 Å². The molecule has 0 bridgehead atoms. The summed E-state index contributed by atoms with van der Waals surface area (Å²) in [5, 5.41) is 0. The molecule has 4 aromatic carbocycles. The van der Waals surface area contributed by atoms with Crippen LogP contribution < -0.4 is 11.5 Å². The molecule has 0 spiro atoms. The Morgan fingerprint density at radius 3 is 1.47 bits per heavy atom. The summed E-state index contributed by atoms with van der Waals surface area (Å²) in [5.74, 6) is 0. The monoisotopic (exact) mass is 414 g/mol. The summed E-state index contributed by atoms with van der Waals surface area (Å²) in [6.45, 7) is 0. The molecule has 0 saturated heterocycles. The maximum absolute atomic E-state index is 6.09. The van der Waals surface area contributed by atoms with Crippen molar-refractivity contribution in [3.8, 4) is 33.4 Å². The second-order valence-electron chi connectivity index (χ2n) is 8.31. The third-order valence-electron chi connectivity index (χ3n) is 6.01. The SMILES string of the molecule is NC1(N)C=CC(c2ccccc2-c2ccccc2-c2ccccc2-c2ccccc2)=CC1. The quantitative estimate of drug-likeness (QED) is 0.368. The standard InChI is InChI=1S/C30H26N2/c31-30(32)20-18-23(19-21-30)25-13-5-7-15-27(25)29-17-9-8-16-28(29)26-14-6-4-12-24(26)22-10-2-1-3-11-22/h1-20H,21,31-32H2. The average Bonchev–Trinajstić information content (AvgIpc) is 2.85. The highest BCUT2D eigenvalue weighted by molar-refractivity contribution is 5.95. The van der Waals surface area contributed by atoms with E-state index < -0.39 is 5.66 Å². The first kappa shape index (κ1) is 20.2. The Hall–Kier alpha value is -3.72. The van der Waals surface area contributed by atoms with E-state index in [2.05, 4.69) is 109 Å². The van der Waals surface area contributed by atoms with E-state index >= 15 is 0 Å². The maximum Gasteiger partial charge on any atom is 0.0867 e. The van der Waals surface area contributed by atoms with Crippen LogP contribution in [-0.2, 0) is 0 Å². The molecule has 2 nitrogen and oxygen atoms in total. The zero-order valence-electron chi connectivity index (χ0n) is 17.9. The normalized spacial score (nSPS) is 14.8. The summed E-state index contributed by atoms with van der Waals surface area (Å²) in [6, 6.07) is 36.4. The molecule has 4 aromatic rings. The lowest BCUT2D eigenvalue weighted by molar-refractivity contribution is 0.559. The van der Waals surface area contributed by atoms with Crippen molar-refractivity contribution >= 4 is 5.57 Å². The average molecular weight is 415 g/mol. The smallest absolute Gasteiger partial charge is 0.0867 e. The molecule has 156 valence electrons. The van der Waals surface area contributed by atoms with Gasteiger partial charge in [-0.15, -0.1) is 0 Å². The minimum Gasteiger partial charge on any atom is -0.310 e. The second-order valence-corrected chi connectivity index (χ2v) is 8.31. The fourth-order valence-corrected chi connectivity index (χ4v) is 4.38. The zero-order chi connectivity index (χ0) is 22.0. The topological polar surface area (TPSA) is 52.0 Å². The molecule has 0 radical (unpaired) electrons. The highest BCUT2D eigenvalue weighted by Crippen LogP contribution is 2.40. The van der Waals surface area contributed by atoms with E-state index in [1.807, 2.05) is 12.2 Å². The Morgan fingerprint density at radius 2 is 0.938 bits per heavy atom. The van der Waals surface area contributed by atoms with E-state index in [4.69, 9.17) is 11.5 Å². The molecule has 0 fully saturated rings. The predicted molar refractivity (Wildman–Crippen MR) is 136 cm³/mol. The minimum atomic E-state index is -0.773. The van der Waals surface area contributed by atoms with Crippen molar-refractivity contribution in [2.45, 2.75) is 12.1 Å². The van der Waals surface area contributed by atoms with Gasteiger partial charge in [-0.2, -0.15) is 0 Å². The molecule has 1 aliphatic rings. The van der Waals surface area contributed by atoms with Crippen molar-refractivity contribution < 1.29 is 0 Å². The summed E-state index contributed by atoms with van der Waals surface area (Å²) in [4.78, 5) is 0. The number of benzene rings is 4. The lowest BCUT2D eigenvalue weighted by Gasteiger charge is -2.24. The van der Waals surface area contributed by atoms with Gasteiger partial charge < -0.3 is 11.5 Å². The van der Waals surface area contributed by atoms with Crippen molar-refractivity contribution in [1.29, 1.82) is 0 Å². The van der Waals surface area contributed by atoms with Crippen molar-refractivity contribution in [1.82, 2.24) is 0 Å². The van der Waals surface area contributed by atoms with Crippen LogP contribution in [0.4, 0.5) is 0 Å². The molecule has 2 heteroatoms. The molecule has 0 aromatic heterocycles. The van der Waals surface area contributed by atoms with Gasteiger partial charge in [0.05, 0.1) is 5.66 Å². The summed E-state index contributed by atoms with van der Waals surface area (Å²) in [6.07, 6.45) is 6.70. The van der Waals surface area contributed by atoms with Gasteiger partial charge in [-0.25, -0.2) is 0 Å². The van der Waals surface area contributed by atoms with Crippen molar-refractivity contribution in [2.75, 3.05) is 0 Å². The van der Waals surface area contributed by atoms with Crippen LogP contribution in [0.3, 0.4) is 0 Å². The zero-order valence-corrected chi connectivity index (χ0v) is 17.9. The molecule has 0 atom stereocenters. The summed E-state index contributed by atoms with van der Waals surface area (Å²) >= 11 is 0. The third-order valence-corrected chi connectivity index (χ3v) is 6.01. The van der Waals surface area contributed by atoms with E-state index in [1.54, 1.807) is 0 Å². The van der Waals surface area contributed by atoms with Gasteiger partial charge in [0.15, 0.2) is 0 Å². The molecule has 0 heterocycles. The molecule has 0 unspecified atom stereocenters. The van der Waals surface area contributed by atoms with E-state index in [0.29, 0.717) is 6.42 Å². The summed E-state index contributed by atoms with van der Waals surface area (Å²) in [7, 11) is 0. The number of rotatable bonds is 4. The van der Waals surface area contributed by atoms with Crippen LogP contribution in [0, 0.1) is 0 Å². The lowest BCUT2D eigenvalue weighted by atomic mass is 9.85. The molecule has 32 heavy (non-hydrogen) atoms. The summed E-state index contributed by atoms with van der Waals surface area (Å²) in [5.41, 5.74) is 21.0. The molecule has 0 amide bonds. The second kappa shape index (κ2) is 8.43. The highest BCUT2D eigenvalue weighted by atomic mass is 14.9. The van der Waals surface area contributed by atoms with E-state index in [1.165, 1.54) is 38.9 Å². The van der Waals surface area contributed by atoms with Crippen molar-refractivity contribution in [3.05, 3.63) is 127 Å². The van der Waals surface area contributed by atoms with Gasteiger partial charge in [-0.05, 0) is 50.6 Å². The highest BCUT2D eigenvalue weighted by Gasteiger charge is 2.20. The molecule has 4 N–H and O–H groups in total. The van der Waals surface area contributed by atoms with Gasteiger partial charge >= 0.3 is 0 Å². The molecule has 0 saturated carbocycles. The molecular weight excluding hydrogens is 388 g/mol. The minimum absolute atomic E-state index is 0.617. The molecule has 1 aliphatic carbocycles. The molecule has 0 aliphatic heterocycles. The third kappa shape index (κ3) is 3.94. The van der Waals surface area contributed by atoms with Crippen LogP contribution in [0.1, 0.15) is 12.0 Å². The van der Waals surface area contributed by atoms with Crippen LogP contribution >= 0.6 is 0 Å². The van der Waals surface area contributed by atoms with E-state index in [9.17, 15) is 0 Å². The maximum atomic E-state index is 6.09. The Morgan fingerprint density at radius 1 is 0.500 bits per heavy atom. The Kier molecular flexibility index (Phi) is 5.32. The first-order valence-electron chi connectivity index (χ1n) is 10.9. The largest absolute Gasteiger partial charge is 0.310 e. The first-order chi connectivity index (χ1) is 15.6. The lowest BCUT2D eigenvalue weighted by Crippen LogP contribution is -2.47. The number of hydrogen-bond acceptors (Lipinski definition) is 2. The molecule has 5 rings (SSSR count). The van der Waals surface area contributed by atoms with Crippen LogP contribution in [-0.4, -0.2) is 5.66 Å². The van der Waals surface area contributed by atoms with Gasteiger partial charge in [0, 0.05) is 6.42 Å². The van der Waals surface area contributed by atoms with Gasteiger partial charge in [-0.3, -0.25) is 0 Å². The number of hydrogen-bond donors (Lipinski definition) is 2. The Labute approximate surface area is 189 Å². The molecular formula is C30H26N2. The van der Waals surface area contributed by atoms with Crippen LogP contribution in [0.2, 0.25) is 0 Å². The van der Waals surface area contributed by atoms with Gasteiger partial charge in [0.25, 0.3) is 0 Å². The fourth-order valence-electron chi connectivity index (χ4n) is 4.38. The van der Waals surface area contributed by atoms with E-state index in [0.717, 1.165) is 5.57 Å². The van der Waals surface area contributed by atoms with Crippen LogP contribution in [0.25, 0.3) is 39.0 Å². The number of allylic oxidation sites excluding steroid dienone is 2. The fraction of sp³-hybridized carbons (Fsp3) is 0.0667.